The second-order valence-corrected chi connectivity index (χ2v) is 11.4. The van der Waals surface area contributed by atoms with Crippen molar-refractivity contribution in [3.8, 4) is 11.3 Å². The summed E-state index contributed by atoms with van der Waals surface area (Å²) in [6.07, 6.45) is -0.986. The van der Waals surface area contributed by atoms with Crippen molar-refractivity contribution < 1.29 is 33.6 Å². The van der Waals surface area contributed by atoms with Crippen LogP contribution in [-0.4, -0.2) is 108 Å². The Morgan fingerprint density at radius 3 is 2.17 bits per heavy atom. The summed E-state index contributed by atoms with van der Waals surface area (Å²) in [5.41, 5.74) is 1.46. The first kappa shape index (κ1) is 31.1. The number of likely N-dealkylation sites (N-methyl/N-ethyl adjacent to an activating group) is 2. The first-order valence-corrected chi connectivity index (χ1v) is 14.1. The van der Waals surface area contributed by atoms with Crippen molar-refractivity contribution in [2.75, 3.05) is 27.2 Å². The second kappa shape index (κ2) is 13.4. The quantitative estimate of drug-likeness (QED) is 0.359. The summed E-state index contributed by atoms with van der Waals surface area (Å²) in [4.78, 5) is 60.8. The van der Waals surface area contributed by atoms with Gasteiger partial charge in [0.15, 0.2) is 0 Å². The number of fused-ring (bicyclic) bond motifs is 2. The van der Waals surface area contributed by atoms with Gasteiger partial charge in [-0.1, -0.05) is 50.2 Å². The molecule has 2 saturated heterocycles. The van der Waals surface area contributed by atoms with Crippen LogP contribution in [-0.2, 0) is 23.7 Å². The van der Waals surface area contributed by atoms with Crippen LogP contribution in [0.15, 0.2) is 48.5 Å². The first-order chi connectivity index (χ1) is 19.9. The van der Waals surface area contributed by atoms with E-state index in [0.29, 0.717) is 25.2 Å². The molecule has 0 aliphatic carbocycles. The van der Waals surface area contributed by atoms with Gasteiger partial charge in [-0.15, -0.1) is 0 Å². The molecule has 2 aromatic rings. The Morgan fingerprint density at radius 2 is 1.60 bits per heavy atom. The van der Waals surface area contributed by atoms with Crippen LogP contribution < -0.4 is 10.6 Å². The highest BCUT2D eigenvalue weighted by atomic mass is 16.6. The van der Waals surface area contributed by atoms with Gasteiger partial charge in [0.1, 0.15) is 23.8 Å². The Hall–Kier alpha value is -3.81. The number of benzene rings is 1. The lowest BCUT2D eigenvalue weighted by Gasteiger charge is -2.43. The maximum absolute atomic E-state index is 13.5. The largest absolute Gasteiger partial charge is 0.622 e. The maximum Gasteiger partial charge on any atom is 0.622 e. The Labute approximate surface area is 245 Å². The second-order valence-electron chi connectivity index (χ2n) is 11.4. The highest BCUT2D eigenvalue weighted by Gasteiger charge is 2.49. The van der Waals surface area contributed by atoms with Crippen molar-refractivity contribution in [1.82, 2.24) is 25.4 Å². The number of hydrogen-bond donors (Lipinski definition) is 3. The number of piperazine rings is 1. The van der Waals surface area contributed by atoms with Crippen molar-refractivity contribution in [2.45, 2.75) is 57.4 Å². The minimum atomic E-state index is -1.38. The number of carbonyl (C=O) groups is 4. The summed E-state index contributed by atoms with van der Waals surface area (Å²) in [5.74, 6) is -3.44. The molecule has 1 aromatic heterocycles. The van der Waals surface area contributed by atoms with E-state index in [-0.39, 0.29) is 11.6 Å². The number of aromatic nitrogens is 1. The smallest absolute Gasteiger partial charge is 0.497 e. The molecule has 13 heteroatoms. The molecule has 224 valence electrons. The number of pyridine rings is 1. The predicted octanol–water partition coefficient (Wildman–Crippen LogP) is 0.501. The van der Waals surface area contributed by atoms with Gasteiger partial charge in [-0.05, 0) is 45.5 Å². The van der Waals surface area contributed by atoms with Gasteiger partial charge in [0, 0.05) is 18.7 Å². The number of amides is 2. The number of carbonyl (C=O) groups excluding carboxylic acids is 4. The van der Waals surface area contributed by atoms with Crippen LogP contribution in [0.2, 0.25) is 0 Å². The van der Waals surface area contributed by atoms with Gasteiger partial charge in [0.05, 0.1) is 17.7 Å². The average molecular weight is 579 g/mol. The number of hydrogen-bond acceptors (Lipinski definition) is 10. The molecular weight excluding hydrogens is 541 g/mol. The Balaban J connectivity index is 1.51. The molecule has 2 fully saturated rings. The van der Waals surface area contributed by atoms with E-state index in [1.807, 2.05) is 56.1 Å². The van der Waals surface area contributed by atoms with Crippen LogP contribution in [0.25, 0.3) is 11.3 Å². The number of aliphatic hydroxyl groups excluding tert-OH is 1. The summed E-state index contributed by atoms with van der Waals surface area (Å²) in [5, 5.41) is 15.8. The van der Waals surface area contributed by atoms with Crippen LogP contribution in [0.3, 0.4) is 0 Å². The Kier molecular flexibility index (Phi) is 9.97. The molecule has 2 aliphatic rings. The van der Waals surface area contributed by atoms with E-state index >= 15 is 0 Å². The monoisotopic (exact) mass is 579 g/mol. The molecule has 1 aromatic carbocycles. The summed E-state index contributed by atoms with van der Waals surface area (Å²) >= 11 is 0. The van der Waals surface area contributed by atoms with Crippen molar-refractivity contribution in [3.05, 3.63) is 54.2 Å². The Morgan fingerprint density at radius 1 is 0.976 bits per heavy atom. The molecule has 42 heavy (non-hydrogen) atoms. The van der Waals surface area contributed by atoms with Gasteiger partial charge in [-0.25, -0.2) is 4.98 Å². The van der Waals surface area contributed by atoms with Crippen molar-refractivity contribution in [3.63, 3.8) is 0 Å². The van der Waals surface area contributed by atoms with Gasteiger partial charge in [0.2, 0.25) is 5.91 Å². The number of nitrogens with zero attached hydrogens (tertiary/aromatic N) is 3. The molecule has 0 spiro atoms. The molecule has 3 N–H and O–H groups in total. The highest BCUT2D eigenvalue weighted by molar-refractivity contribution is 6.51. The molecule has 0 saturated carbocycles. The molecule has 0 unspecified atom stereocenters. The average Bonchev–Trinajstić information content (AvgIpc) is 2.95. The SMILES string of the molecule is CC(C)C[C@H](NC(=O)[C@@H](NC(=O)c1cccc(-c2ccccc2)n1)[C@@H](C)O)B1OC(=O)[C@H]2CN(C)C[C@@H](C(=O)O1)N2C. The Bertz CT molecular complexity index is 1270. The molecular formula is C29H38BN5O7. The van der Waals surface area contributed by atoms with Crippen LogP contribution in [0, 0.1) is 5.92 Å². The lowest BCUT2D eigenvalue weighted by Crippen LogP contribution is -2.66. The van der Waals surface area contributed by atoms with Crippen molar-refractivity contribution >= 4 is 30.9 Å². The molecule has 3 heterocycles. The van der Waals surface area contributed by atoms with Crippen molar-refractivity contribution in [2.24, 2.45) is 5.92 Å². The lowest BCUT2D eigenvalue weighted by molar-refractivity contribution is -0.159. The number of aliphatic hydroxyl groups is 1. The van der Waals surface area contributed by atoms with E-state index in [1.165, 1.54) is 13.0 Å². The third-order valence-corrected chi connectivity index (χ3v) is 7.45. The van der Waals surface area contributed by atoms with E-state index in [2.05, 4.69) is 15.6 Å². The molecule has 4 rings (SSSR count). The molecule has 0 radical (unpaired) electrons. The predicted molar refractivity (Wildman–Crippen MR) is 155 cm³/mol. The van der Waals surface area contributed by atoms with E-state index in [9.17, 15) is 24.3 Å². The number of rotatable bonds is 9. The maximum atomic E-state index is 13.5. The van der Waals surface area contributed by atoms with Crippen molar-refractivity contribution in [1.29, 1.82) is 0 Å². The van der Waals surface area contributed by atoms with Crippen LogP contribution in [0.5, 0.6) is 0 Å². The summed E-state index contributed by atoms with van der Waals surface area (Å²) in [6.45, 7) is 5.94. The molecule has 2 amide bonds. The minimum Gasteiger partial charge on any atom is -0.497 e. The molecule has 2 bridgehead atoms. The summed E-state index contributed by atoms with van der Waals surface area (Å²) in [6, 6.07) is 11.6. The van der Waals surface area contributed by atoms with Gasteiger partial charge in [-0.2, -0.15) is 0 Å². The molecule has 12 nitrogen and oxygen atoms in total. The topological polar surface area (TPSA) is 150 Å². The zero-order chi connectivity index (χ0) is 30.6. The van der Waals surface area contributed by atoms with Gasteiger partial charge in [0.25, 0.3) is 5.91 Å². The summed E-state index contributed by atoms with van der Waals surface area (Å²) in [7, 11) is 2.11. The van der Waals surface area contributed by atoms with E-state index < -0.39 is 61.0 Å². The third-order valence-electron chi connectivity index (χ3n) is 7.45. The van der Waals surface area contributed by atoms with E-state index in [0.717, 1.165) is 5.56 Å². The molecule has 2 aliphatic heterocycles. The van der Waals surface area contributed by atoms with Gasteiger partial charge in [-0.3, -0.25) is 24.1 Å². The van der Waals surface area contributed by atoms with Crippen LogP contribution >= 0.6 is 0 Å². The zero-order valence-corrected chi connectivity index (χ0v) is 24.5. The third kappa shape index (κ3) is 7.33. The van der Waals surface area contributed by atoms with Crippen LogP contribution in [0.4, 0.5) is 0 Å². The number of nitrogens with one attached hydrogen (secondary N) is 2. The van der Waals surface area contributed by atoms with Crippen LogP contribution in [0.1, 0.15) is 37.7 Å². The lowest BCUT2D eigenvalue weighted by atomic mass is 9.73. The van der Waals surface area contributed by atoms with E-state index in [4.69, 9.17) is 9.31 Å². The normalized spacial score (nSPS) is 21.8. The van der Waals surface area contributed by atoms with Gasteiger partial charge >= 0.3 is 19.1 Å². The summed E-state index contributed by atoms with van der Waals surface area (Å²) < 4.78 is 11.3. The molecule has 5 atom stereocenters. The first-order valence-electron chi connectivity index (χ1n) is 14.1. The van der Waals surface area contributed by atoms with Gasteiger partial charge < -0.3 is 29.9 Å². The standard InChI is InChI=1S/C29H38BN5O7/c1-17(2)14-24(30-41-28(39)22-15-34(4)16-23(35(22)5)29(40)42-30)32-27(38)25(18(3)36)33-26(37)21-13-9-12-20(31-21)19-10-7-6-8-11-19/h6-13,17-18,22-25,36H,14-16H2,1-5H3,(H,32,38)(H,33,37)/t18-,22-,23+,24+,25+/m1/s1. The zero-order valence-electron chi connectivity index (χ0n) is 24.5. The minimum absolute atomic E-state index is 0.0102. The highest BCUT2D eigenvalue weighted by Crippen LogP contribution is 2.22. The fourth-order valence-electron chi connectivity index (χ4n) is 5.17. The fourth-order valence-corrected chi connectivity index (χ4v) is 5.17. The van der Waals surface area contributed by atoms with E-state index in [1.54, 1.807) is 24.1 Å². The fraction of sp³-hybridized carbons (Fsp3) is 0.483.